The number of anilines is 1. The van der Waals surface area contributed by atoms with Crippen molar-refractivity contribution >= 4 is 28.5 Å². The summed E-state index contributed by atoms with van der Waals surface area (Å²) in [5.74, 6) is 1.14. The summed E-state index contributed by atoms with van der Waals surface area (Å²) in [6, 6.07) is 12.6. The molecule has 9 nitrogen and oxygen atoms in total. The number of benzene rings is 1. The van der Waals surface area contributed by atoms with E-state index in [4.69, 9.17) is 9.97 Å². The van der Waals surface area contributed by atoms with Crippen LogP contribution in [0.2, 0.25) is 0 Å². The van der Waals surface area contributed by atoms with Gasteiger partial charge in [0.1, 0.15) is 29.5 Å². The van der Waals surface area contributed by atoms with Crippen molar-refractivity contribution in [2.45, 2.75) is 32.6 Å². The van der Waals surface area contributed by atoms with Gasteiger partial charge in [0, 0.05) is 24.7 Å². The molecule has 5 rings (SSSR count). The largest absolute Gasteiger partial charge is 0.358 e. The Kier molecular flexibility index (Phi) is 5.63. The highest BCUT2D eigenvalue weighted by Gasteiger charge is 2.35. The first-order valence-corrected chi connectivity index (χ1v) is 11.3. The molecule has 0 saturated carbocycles. The average Bonchev–Trinajstić information content (AvgIpc) is 2.83. The second-order valence-corrected chi connectivity index (χ2v) is 8.83. The molecule has 1 unspecified atom stereocenters. The van der Waals surface area contributed by atoms with E-state index in [9.17, 15) is 9.59 Å². The van der Waals surface area contributed by atoms with Crippen LogP contribution in [0.15, 0.2) is 48.7 Å². The molecule has 0 radical (unpaired) electrons. The summed E-state index contributed by atoms with van der Waals surface area (Å²) >= 11 is 0. The van der Waals surface area contributed by atoms with E-state index in [1.165, 1.54) is 0 Å². The van der Waals surface area contributed by atoms with E-state index in [0.717, 1.165) is 10.9 Å². The molecule has 2 bridgehead atoms. The summed E-state index contributed by atoms with van der Waals surface area (Å²) in [6.45, 7) is 5.98. The minimum absolute atomic E-state index is 0.0323. The van der Waals surface area contributed by atoms with E-state index in [1.54, 1.807) is 29.3 Å². The van der Waals surface area contributed by atoms with E-state index in [1.807, 2.05) is 38.1 Å². The molecule has 2 aliphatic rings. The lowest BCUT2D eigenvalue weighted by molar-refractivity contribution is -0.125. The molecule has 1 aromatic carbocycles. The number of carbonyl (C=O) groups is 2. The fraction of sp³-hybridized carbons (Fsp3) is 0.375. The lowest BCUT2D eigenvalue weighted by Crippen LogP contribution is -2.63. The molecule has 4 heterocycles. The highest BCUT2D eigenvalue weighted by molar-refractivity contribution is 5.93. The van der Waals surface area contributed by atoms with E-state index in [0.29, 0.717) is 43.5 Å². The van der Waals surface area contributed by atoms with E-state index < -0.39 is 6.04 Å². The van der Waals surface area contributed by atoms with Crippen molar-refractivity contribution in [3.63, 3.8) is 0 Å². The number of pyridine rings is 1. The van der Waals surface area contributed by atoms with Gasteiger partial charge in [-0.25, -0.2) is 9.97 Å². The molecule has 2 atom stereocenters. The molecule has 2 aromatic heterocycles. The summed E-state index contributed by atoms with van der Waals surface area (Å²) in [5, 5.41) is 7.42. The second-order valence-electron chi connectivity index (χ2n) is 8.83. The Balaban J connectivity index is 1.49. The number of para-hydroxylation sites is 1. The van der Waals surface area contributed by atoms with Crippen molar-refractivity contribution in [3.8, 4) is 0 Å². The molecular formula is C24H27N7O2. The van der Waals surface area contributed by atoms with Crippen LogP contribution in [0.5, 0.6) is 0 Å². The van der Waals surface area contributed by atoms with Crippen LogP contribution >= 0.6 is 0 Å². The molecule has 9 heteroatoms. The Bertz CT molecular complexity index is 1180. The fourth-order valence-electron chi connectivity index (χ4n) is 4.41. The Labute approximate surface area is 192 Å². The quantitative estimate of drug-likeness (QED) is 0.621. The zero-order valence-electron chi connectivity index (χ0n) is 18.7. The number of piperazine rings is 1. The highest BCUT2D eigenvalue weighted by Crippen LogP contribution is 2.25. The molecule has 1 fully saturated rings. The molecule has 3 aromatic rings. The van der Waals surface area contributed by atoms with Crippen LogP contribution in [-0.2, 0) is 11.3 Å². The number of hydrogen-bond acceptors (Lipinski definition) is 7. The third-order valence-electron chi connectivity index (χ3n) is 6.21. The van der Waals surface area contributed by atoms with Crippen molar-refractivity contribution in [3.05, 3.63) is 60.2 Å². The molecule has 0 spiro atoms. The SMILES string of the molecule is CC(C)[C@@H]1Nc2nc(nc3ccccc23)CN2CCN(C(=O)c3ccccn3)CC2NC1=O. The molecule has 33 heavy (non-hydrogen) atoms. The van der Waals surface area contributed by atoms with E-state index in [2.05, 4.69) is 20.5 Å². The number of nitrogens with zero attached hydrogens (tertiary/aromatic N) is 5. The van der Waals surface area contributed by atoms with Crippen LogP contribution in [-0.4, -0.2) is 68.4 Å². The third-order valence-corrected chi connectivity index (χ3v) is 6.21. The van der Waals surface area contributed by atoms with Crippen LogP contribution in [0.25, 0.3) is 10.9 Å². The van der Waals surface area contributed by atoms with Gasteiger partial charge in [0.05, 0.1) is 18.6 Å². The van der Waals surface area contributed by atoms with Crippen LogP contribution in [0, 0.1) is 5.92 Å². The van der Waals surface area contributed by atoms with Gasteiger partial charge < -0.3 is 15.5 Å². The molecule has 170 valence electrons. The molecular weight excluding hydrogens is 418 g/mol. The second kappa shape index (κ2) is 8.74. The lowest BCUT2D eigenvalue weighted by Gasteiger charge is -2.42. The zero-order valence-corrected chi connectivity index (χ0v) is 18.7. The van der Waals surface area contributed by atoms with Gasteiger partial charge in [-0.15, -0.1) is 0 Å². The Morgan fingerprint density at radius 1 is 1.06 bits per heavy atom. The topological polar surface area (TPSA) is 103 Å². The Hall–Kier alpha value is -3.59. The van der Waals surface area contributed by atoms with Crippen molar-refractivity contribution in [1.29, 1.82) is 0 Å². The van der Waals surface area contributed by atoms with Gasteiger partial charge in [0.25, 0.3) is 5.91 Å². The van der Waals surface area contributed by atoms with Gasteiger partial charge >= 0.3 is 0 Å². The van der Waals surface area contributed by atoms with Gasteiger partial charge in [-0.1, -0.05) is 32.0 Å². The predicted molar refractivity (Wildman–Crippen MR) is 124 cm³/mol. The highest BCUT2D eigenvalue weighted by atomic mass is 16.2. The van der Waals surface area contributed by atoms with Crippen molar-refractivity contribution in [1.82, 2.24) is 30.1 Å². The molecule has 2 amide bonds. The van der Waals surface area contributed by atoms with Crippen LogP contribution < -0.4 is 10.6 Å². The summed E-state index contributed by atoms with van der Waals surface area (Å²) in [7, 11) is 0. The smallest absolute Gasteiger partial charge is 0.272 e. The maximum atomic E-state index is 13.3. The minimum atomic E-state index is -0.474. The maximum Gasteiger partial charge on any atom is 0.272 e. The molecule has 2 N–H and O–H groups in total. The predicted octanol–water partition coefficient (Wildman–Crippen LogP) is 1.88. The van der Waals surface area contributed by atoms with Crippen molar-refractivity contribution in [2.24, 2.45) is 5.92 Å². The Morgan fingerprint density at radius 3 is 2.67 bits per heavy atom. The molecule has 1 saturated heterocycles. The van der Waals surface area contributed by atoms with Gasteiger partial charge in [-0.05, 0) is 30.2 Å². The first kappa shape index (κ1) is 21.3. The van der Waals surface area contributed by atoms with Gasteiger partial charge in [0.15, 0.2) is 0 Å². The van der Waals surface area contributed by atoms with Gasteiger partial charge in [0.2, 0.25) is 5.91 Å². The standard InChI is InChI=1S/C24H27N7O2/c1-15(2)21-23(32)28-20-14-31(24(33)18-9-5-6-10-25-18)12-11-30(20)13-19-26-17-8-4-3-7-16(17)22(27-19)29-21/h3-10,15,20-21H,11-14H2,1-2H3,(H,28,32)(H,26,27,29)/t20?,21-/m0/s1. The lowest BCUT2D eigenvalue weighted by atomic mass is 10.0. The minimum Gasteiger partial charge on any atom is -0.358 e. The van der Waals surface area contributed by atoms with Gasteiger partial charge in [-0.3, -0.25) is 19.5 Å². The summed E-state index contributed by atoms with van der Waals surface area (Å²) in [5.41, 5.74) is 1.25. The van der Waals surface area contributed by atoms with E-state index in [-0.39, 0.29) is 23.9 Å². The molecule has 0 aliphatic carbocycles. The van der Waals surface area contributed by atoms with E-state index >= 15 is 0 Å². The monoisotopic (exact) mass is 445 g/mol. The number of fused-ring (bicyclic) bond motifs is 5. The van der Waals surface area contributed by atoms with Crippen LogP contribution in [0.3, 0.4) is 0 Å². The summed E-state index contributed by atoms with van der Waals surface area (Å²) < 4.78 is 0. The third kappa shape index (κ3) is 4.23. The summed E-state index contributed by atoms with van der Waals surface area (Å²) in [6.07, 6.45) is 1.26. The summed E-state index contributed by atoms with van der Waals surface area (Å²) in [4.78, 5) is 44.0. The van der Waals surface area contributed by atoms with Crippen LogP contribution in [0.4, 0.5) is 5.82 Å². The Morgan fingerprint density at radius 2 is 1.88 bits per heavy atom. The average molecular weight is 446 g/mol. The van der Waals surface area contributed by atoms with Gasteiger partial charge in [-0.2, -0.15) is 0 Å². The zero-order chi connectivity index (χ0) is 22.9. The number of amides is 2. The first-order chi connectivity index (χ1) is 16.0. The number of nitrogens with one attached hydrogen (secondary N) is 2. The molecule has 2 aliphatic heterocycles. The van der Waals surface area contributed by atoms with Crippen molar-refractivity contribution in [2.75, 3.05) is 25.0 Å². The number of hydrogen-bond donors (Lipinski definition) is 2. The van der Waals surface area contributed by atoms with Crippen molar-refractivity contribution < 1.29 is 9.59 Å². The van der Waals surface area contributed by atoms with Crippen LogP contribution in [0.1, 0.15) is 30.2 Å². The number of aromatic nitrogens is 3. The number of carbonyl (C=O) groups excluding carboxylic acids is 2. The first-order valence-electron chi connectivity index (χ1n) is 11.3. The normalized spacial score (nSPS) is 21.3. The number of rotatable bonds is 2. The maximum absolute atomic E-state index is 13.3. The fourth-order valence-corrected chi connectivity index (χ4v) is 4.41.